The zero-order valence-electron chi connectivity index (χ0n) is 12.8. The van der Waals surface area contributed by atoms with E-state index < -0.39 is 0 Å². The van der Waals surface area contributed by atoms with Crippen molar-refractivity contribution in [3.8, 4) is 0 Å². The highest BCUT2D eigenvalue weighted by Gasteiger charge is 2.32. The number of carbonyl (C=O) groups is 1. The lowest BCUT2D eigenvalue weighted by molar-refractivity contribution is -0.146. The molecule has 0 aromatic carbocycles. The second-order valence-corrected chi connectivity index (χ2v) is 5.79. The molecule has 0 saturated heterocycles. The fourth-order valence-electron chi connectivity index (χ4n) is 2.47. The van der Waals surface area contributed by atoms with Gasteiger partial charge in [-0.15, -0.1) is 0 Å². The Labute approximate surface area is 122 Å². The molecule has 5 heteroatoms. The first-order chi connectivity index (χ1) is 9.74. The fourth-order valence-corrected chi connectivity index (χ4v) is 2.47. The Morgan fingerprint density at radius 1 is 1.30 bits per heavy atom. The number of methoxy groups -OCH3 is 1. The predicted octanol–water partition coefficient (Wildman–Crippen LogP) is 1.17. The van der Waals surface area contributed by atoms with Gasteiger partial charge >= 0.3 is 5.97 Å². The minimum Gasteiger partial charge on any atom is -0.465 e. The fraction of sp³-hybridized carbons (Fsp3) is 0.933. The molecular weight excluding hydrogens is 256 g/mol. The van der Waals surface area contributed by atoms with E-state index in [0.29, 0.717) is 18.7 Å². The third kappa shape index (κ3) is 5.38. The van der Waals surface area contributed by atoms with Gasteiger partial charge in [-0.3, -0.25) is 9.69 Å². The maximum atomic E-state index is 12.0. The molecule has 0 aromatic heterocycles. The molecule has 2 aliphatic carbocycles. The minimum absolute atomic E-state index is 0.0955. The molecular formula is C15H28N2O3. The number of hydrogen-bond donors (Lipinski definition) is 1. The smallest absolute Gasteiger partial charge is 0.323 e. The van der Waals surface area contributed by atoms with Crippen molar-refractivity contribution in [3.05, 3.63) is 0 Å². The van der Waals surface area contributed by atoms with E-state index in [-0.39, 0.29) is 12.0 Å². The molecule has 1 N–H and O–H groups in total. The molecule has 1 atom stereocenters. The lowest BCUT2D eigenvalue weighted by atomic mass is 10.2. The van der Waals surface area contributed by atoms with Crippen molar-refractivity contribution >= 4 is 5.97 Å². The van der Waals surface area contributed by atoms with Gasteiger partial charge in [-0.1, -0.05) is 0 Å². The number of ether oxygens (including phenoxy) is 2. The summed E-state index contributed by atoms with van der Waals surface area (Å²) in [6.07, 6.45) is 5.76. The van der Waals surface area contributed by atoms with Crippen LogP contribution in [0.4, 0.5) is 0 Å². The molecule has 1 unspecified atom stereocenters. The lowest BCUT2D eigenvalue weighted by Gasteiger charge is -2.24. The SMILES string of the molecule is CCOC(=O)C(CCN(CCOC)C1CC1)NC1CC1. The van der Waals surface area contributed by atoms with E-state index in [4.69, 9.17) is 9.47 Å². The molecule has 0 amide bonds. The van der Waals surface area contributed by atoms with Crippen molar-refractivity contribution in [2.75, 3.05) is 33.4 Å². The number of hydrogen-bond acceptors (Lipinski definition) is 5. The van der Waals surface area contributed by atoms with E-state index in [2.05, 4.69) is 10.2 Å². The average molecular weight is 284 g/mol. The molecule has 0 spiro atoms. The van der Waals surface area contributed by atoms with Crippen molar-refractivity contribution in [1.29, 1.82) is 0 Å². The zero-order valence-corrected chi connectivity index (χ0v) is 12.8. The standard InChI is InChI=1S/C15H28N2O3/c1-3-20-15(18)14(16-12-4-5-12)8-9-17(10-11-19-2)13-6-7-13/h12-14,16H,3-11H2,1-2H3. The van der Waals surface area contributed by atoms with Crippen molar-refractivity contribution in [2.45, 2.75) is 57.2 Å². The molecule has 2 aliphatic rings. The Kier molecular flexibility index (Phi) is 6.26. The van der Waals surface area contributed by atoms with Crippen LogP contribution in [0, 0.1) is 0 Å². The summed E-state index contributed by atoms with van der Waals surface area (Å²) in [5.74, 6) is -0.0955. The first-order valence-corrected chi connectivity index (χ1v) is 7.90. The van der Waals surface area contributed by atoms with Crippen LogP contribution in [0.3, 0.4) is 0 Å². The van der Waals surface area contributed by atoms with E-state index in [1.54, 1.807) is 7.11 Å². The third-order valence-electron chi connectivity index (χ3n) is 3.94. The van der Waals surface area contributed by atoms with Crippen LogP contribution in [0.5, 0.6) is 0 Å². The Balaban J connectivity index is 1.77. The van der Waals surface area contributed by atoms with Crippen LogP contribution in [-0.2, 0) is 14.3 Å². The number of rotatable bonds is 11. The summed E-state index contributed by atoms with van der Waals surface area (Å²) in [6, 6.07) is 1.08. The van der Waals surface area contributed by atoms with Crippen LogP contribution in [0.15, 0.2) is 0 Å². The molecule has 0 radical (unpaired) electrons. The van der Waals surface area contributed by atoms with Crippen molar-refractivity contribution < 1.29 is 14.3 Å². The second-order valence-electron chi connectivity index (χ2n) is 5.79. The van der Waals surface area contributed by atoms with Gasteiger partial charge in [0.1, 0.15) is 6.04 Å². The molecule has 2 saturated carbocycles. The summed E-state index contributed by atoms with van der Waals surface area (Å²) >= 11 is 0. The summed E-state index contributed by atoms with van der Waals surface area (Å²) in [5.41, 5.74) is 0. The monoisotopic (exact) mass is 284 g/mol. The third-order valence-corrected chi connectivity index (χ3v) is 3.94. The van der Waals surface area contributed by atoms with E-state index in [1.165, 1.54) is 25.7 Å². The Bertz CT molecular complexity index is 303. The lowest BCUT2D eigenvalue weighted by Crippen LogP contribution is -2.43. The van der Waals surface area contributed by atoms with Gasteiger partial charge in [0, 0.05) is 32.3 Å². The van der Waals surface area contributed by atoms with Crippen LogP contribution in [-0.4, -0.2) is 62.4 Å². The summed E-state index contributed by atoms with van der Waals surface area (Å²) in [7, 11) is 1.74. The van der Waals surface area contributed by atoms with Gasteiger partial charge < -0.3 is 14.8 Å². The quantitative estimate of drug-likeness (QED) is 0.577. The average Bonchev–Trinajstić information content (AvgIpc) is 3.30. The van der Waals surface area contributed by atoms with Crippen LogP contribution in [0.25, 0.3) is 0 Å². The predicted molar refractivity (Wildman–Crippen MR) is 77.7 cm³/mol. The highest BCUT2D eigenvalue weighted by Crippen LogP contribution is 2.27. The van der Waals surface area contributed by atoms with Gasteiger partial charge in [-0.05, 0) is 39.0 Å². The molecule has 0 aromatic rings. The zero-order chi connectivity index (χ0) is 14.4. The Morgan fingerprint density at radius 2 is 2.05 bits per heavy atom. The topological polar surface area (TPSA) is 50.8 Å². The largest absolute Gasteiger partial charge is 0.465 e. The minimum atomic E-state index is -0.147. The highest BCUT2D eigenvalue weighted by atomic mass is 16.5. The van der Waals surface area contributed by atoms with Gasteiger partial charge in [0.05, 0.1) is 13.2 Å². The number of carbonyl (C=O) groups excluding carboxylic acids is 1. The summed E-state index contributed by atoms with van der Waals surface area (Å²) in [5, 5.41) is 3.41. The molecule has 0 aliphatic heterocycles. The maximum Gasteiger partial charge on any atom is 0.323 e. The molecule has 0 heterocycles. The summed E-state index contributed by atoms with van der Waals surface area (Å²) in [4.78, 5) is 14.4. The van der Waals surface area contributed by atoms with E-state index in [9.17, 15) is 4.79 Å². The molecule has 2 rings (SSSR count). The normalized spacial score (nSPS) is 20.1. The van der Waals surface area contributed by atoms with Crippen LogP contribution < -0.4 is 5.32 Å². The van der Waals surface area contributed by atoms with E-state index >= 15 is 0 Å². The number of nitrogens with one attached hydrogen (secondary N) is 1. The molecule has 5 nitrogen and oxygen atoms in total. The first-order valence-electron chi connectivity index (χ1n) is 7.90. The van der Waals surface area contributed by atoms with Crippen molar-refractivity contribution in [2.24, 2.45) is 0 Å². The molecule has 0 bridgehead atoms. The second kappa shape index (κ2) is 7.96. The van der Waals surface area contributed by atoms with Gasteiger partial charge in [-0.25, -0.2) is 0 Å². The number of esters is 1. The van der Waals surface area contributed by atoms with E-state index in [0.717, 1.165) is 26.1 Å². The van der Waals surface area contributed by atoms with Crippen LogP contribution >= 0.6 is 0 Å². The Hall–Kier alpha value is -0.650. The first kappa shape index (κ1) is 15.7. The van der Waals surface area contributed by atoms with Crippen molar-refractivity contribution in [1.82, 2.24) is 10.2 Å². The van der Waals surface area contributed by atoms with Crippen LogP contribution in [0.2, 0.25) is 0 Å². The highest BCUT2D eigenvalue weighted by molar-refractivity contribution is 5.75. The summed E-state index contributed by atoms with van der Waals surface area (Å²) < 4.78 is 10.3. The van der Waals surface area contributed by atoms with E-state index in [1.807, 2.05) is 6.92 Å². The van der Waals surface area contributed by atoms with Gasteiger partial charge in [-0.2, -0.15) is 0 Å². The summed E-state index contributed by atoms with van der Waals surface area (Å²) in [6.45, 7) is 4.98. The van der Waals surface area contributed by atoms with Crippen LogP contribution in [0.1, 0.15) is 39.0 Å². The Morgan fingerprint density at radius 3 is 2.60 bits per heavy atom. The molecule has 2 fully saturated rings. The van der Waals surface area contributed by atoms with Crippen molar-refractivity contribution in [3.63, 3.8) is 0 Å². The molecule has 116 valence electrons. The molecule has 20 heavy (non-hydrogen) atoms. The number of nitrogens with zero attached hydrogens (tertiary/aromatic N) is 1. The van der Waals surface area contributed by atoms with Gasteiger partial charge in [0.25, 0.3) is 0 Å². The maximum absolute atomic E-state index is 12.0. The van der Waals surface area contributed by atoms with Gasteiger partial charge in [0.15, 0.2) is 0 Å². The van der Waals surface area contributed by atoms with Gasteiger partial charge in [0.2, 0.25) is 0 Å².